The highest BCUT2D eigenvalue weighted by Crippen LogP contribution is 2.27. The van der Waals surface area contributed by atoms with Crippen molar-refractivity contribution in [1.29, 1.82) is 0 Å². The van der Waals surface area contributed by atoms with Gasteiger partial charge in [0.1, 0.15) is 0 Å². The molecular weight excluding hydrogens is 253 g/mol. The molecule has 0 aromatic heterocycles. The molecule has 0 aliphatic rings. The fraction of sp³-hybridized carbons (Fsp3) is 0.143. The van der Waals surface area contributed by atoms with Gasteiger partial charge in [0, 0.05) is 16.6 Å². The SMILES string of the molecule is CNCc1ccc(-c2cc(Cl)cc(Cl)c2)cc1. The lowest BCUT2D eigenvalue weighted by atomic mass is 10.0. The predicted molar refractivity (Wildman–Crippen MR) is 74.7 cm³/mol. The summed E-state index contributed by atoms with van der Waals surface area (Å²) in [6.07, 6.45) is 0. The molecule has 2 aromatic rings. The van der Waals surface area contributed by atoms with Crippen molar-refractivity contribution in [3.05, 3.63) is 58.1 Å². The van der Waals surface area contributed by atoms with Gasteiger partial charge in [0.05, 0.1) is 0 Å². The summed E-state index contributed by atoms with van der Waals surface area (Å²) in [6, 6.07) is 13.9. The Morgan fingerprint density at radius 2 is 1.47 bits per heavy atom. The van der Waals surface area contributed by atoms with Crippen molar-refractivity contribution in [2.24, 2.45) is 0 Å². The zero-order chi connectivity index (χ0) is 12.3. The average molecular weight is 266 g/mol. The molecular formula is C14H13Cl2N. The Hall–Kier alpha value is -1.02. The highest BCUT2D eigenvalue weighted by molar-refractivity contribution is 6.35. The molecule has 0 unspecified atom stereocenters. The monoisotopic (exact) mass is 265 g/mol. The van der Waals surface area contributed by atoms with Crippen LogP contribution in [-0.4, -0.2) is 7.05 Å². The molecule has 88 valence electrons. The van der Waals surface area contributed by atoms with Crippen molar-refractivity contribution in [3.63, 3.8) is 0 Å². The Morgan fingerprint density at radius 1 is 0.882 bits per heavy atom. The standard InChI is InChI=1S/C14H13Cl2N/c1-17-9-10-2-4-11(5-3-10)12-6-13(15)8-14(16)7-12/h2-8,17H,9H2,1H3. The molecule has 0 saturated heterocycles. The molecule has 0 saturated carbocycles. The summed E-state index contributed by atoms with van der Waals surface area (Å²) in [5, 5.41) is 4.44. The molecule has 0 bridgehead atoms. The largest absolute Gasteiger partial charge is 0.316 e. The lowest BCUT2D eigenvalue weighted by Crippen LogP contribution is -2.04. The molecule has 2 rings (SSSR count). The molecule has 0 atom stereocenters. The molecule has 0 radical (unpaired) electrons. The number of hydrogen-bond donors (Lipinski definition) is 1. The number of nitrogens with one attached hydrogen (secondary N) is 1. The van der Waals surface area contributed by atoms with Crippen molar-refractivity contribution in [2.45, 2.75) is 6.54 Å². The maximum atomic E-state index is 5.99. The second-order valence-electron chi connectivity index (χ2n) is 3.89. The minimum atomic E-state index is 0.659. The van der Waals surface area contributed by atoms with Crippen molar-refractivity contribution in [1.82, 2.24) is 5.32 Å². The number of benzene rings is 2. The van der Waals surface area contributed by atoms with E-state index >= 15 is 0 Å². The normalized spacial score (nSPS) is 10.5. The van der Waals surface area contributed by atoms with Gasteiger partial charge in [-0.05, 0) is 41.9 Å². The van der Waals surface area contributed by atoms with E-state index in [4.69, 9.17) is 23.2 Å². The fourth-order valence-electron chi connectivity index (χ4n) is 1.74. The predicted octanol–water partition coefficient (Wildman–Crippen LogP) is 4.38. The van der Waals surface area contributed by atoms with Crippen LogP contribution < -0.4 is 5.32 Å². The Morgan fingerprint density at radius 3 is 2.00 bits per heavy atom. The quantitative estimate of drug-likeness (QED) is 0.869. The second kappa shape index (κ2) is 5.54. The van der Waals surface area contributed by atoms with Crippen LogP contribution >= 0.6 is 23.2 Å². The van der Waals surface area contributed by atoms with Gasteiger partial charge in [-0.2, -0.15) is 0 Å². The van der Waals surface area contributed by atoms with Crippen LogP contribution in [0.3, 0.4) is 0 Å². The summed E-state index contributed by atoms with van der Waals surface area (Å²) < 4.78 is 0. The lowest BCUT2D eigenvalue weighted by Gasteiger charge is -2.05. The van der Waals surface area contributed by atoms with Gasteiger partial charge in [-0.1, -0.05) is 47.5 Å². The smallest absolute Gasteiger partial charge is 0.0426 e. The molecule has 0 aliphatic carbocycles. The summed E-state index contributed by atoms with van der Waals surface area (Å²) in [6.45, 7) is 0.872. The van der Waals surface area contributed by atoms with Crippen LogP contribution in [0, 0.1) is 0 Å². The Kier molecular flexibility index (Phi) is 4.06. The van der Waals surface area contributed by atoms with Gasteiger partial charge in [0.25, 0.3) is 0 Å². The van der Waals surface area contributed by atoms with Crippen LogP contribution in [-0.2, 0) is 6.54 Å². The first-order valence-electron chi connectivity index (χ1n) is 5.39. The van der Waals surface area contributed by atoms with Crippen LogP contribution in [0.15, 0.2) is 42.5 Å². The van der Waals surface area contributed by atoms with Crippen molar-refractivity contribution >= 4 is 23.2 Å². The number of rotatable bonds is 3. The number of halogens is 2. The van der Waals surface area contributed by atoms with E-state index in [0.29, 0.717) is 10.0 Å². The topological polar surface area (TPSA) is 12.0 Å². The maximum absolute atomic E-state index is 5.99. The molecule has 17 heavy (non-hydrogen) atoms. The first-order valence-corrected chi connectivity index (χ1v) is 6.14. The van der Waals surface area contributed by atoms with Crippen LogP contribution in [0.1, 0.15) is 5.56 Å². The van der Waals surface area contributed by atoms with Crippen LogP contribution in [0.2, 0.25) is 10.0 Å². The summed E-state index contributed by atoms with van der Waals surface area (Å²) in [5.41, 5.74) is 3.41. The van der Waals surface area contributed by atoms with E-state index in [-0.39, 0.29) is 0 Å². The van der Waals surface area contributed by atoms with Crippen LogP contribution in [0.5, 0.6) is 0 Å². The summed E-state index contributed by atoms with van der Waals surface area (Å²) in [5.74, 6) is 0. The van der Waals surface area contributed by atoms with Gasteiger partial charge < -0.3 is 5.32 Å². The van der Waals surface area contributed by atoms with Gasteiger partial charge in [0.2, 0.25) is 0 Å². The van der Waals surface area contributed by atoms with E-state index in [0.717, 1.165) is 17.7 Å². The van der Waals surface area contributed by atoms with Gasteiger partial charge in [-0.3, -0.25) is 0 Å². The minimum Gasteiger partial charge on any atom is -0.316 e. The van der Waals surface area contributed by atoms with E-state index < -0.39 is 0 Å². The zero-order valence-electron chi connectivity index (χ0n) is 9.50. The first-order chi connectivity index (χ1) is 8.19. The lowest BCUT2D eigenvalue weighted by molar-refractivity contribution is 0.818. The minimum absolute atomic E-state index is 0.659. The summed E-state index contributed by atoms with van der Waals surface area (Å²) >= 11 is 12.0. The third kappa shape index (κ3) is 3.22. The summed E-state index contributed by atoms with van der Waals surface area (Å²) in [4.78, 5) is 0. The second-order valence-corrected chi connectivity index (χ2v) is 4.76. The van der Waals surface area contributed by atoms with Gasteiger partial charge in [0.15, 0.2) is 0 Å². The maximum Gasteiger partial charge on any atom is 0.0426 e. The zero-order valence-corrected chi connectivity index (χ0v) is 11.0. The molecule has 0 aliphatic heterocycles. The molecule has 0 fully saturated rings. The molecule has 3 heteroatoms. The molecule has 2 aromatic carbocycles. The van der Waals surface area contributed by atoms with Crippen molar-refractivity contribution < 1.29 is 0 Å². The highest BCUT2D eigenvalue weighted by atomic mass is 35.5. The molecule has 0 amide bonds. The van der Waals surface area contributed by atoms with E-state index in [9.17, 15) is 0 Å². The van der Waals surface area contributed by atoms with Crippen LogP contribution in [0.25, 0.3) is 11.1 Å². The van der Waals surface area contributed by atoms with Crippen molar-refractivity contribution in [2.75, 3.05) is 7.05 Å². The van der Waals surface area contributed by atoms with E-state index in [1.807, 2.05) is 19.2 Å². The molecule has 0 heterocycles. The van der Waals surface area contributed by atoms with E-state index in [2.05, 4.69) is 29.6 Å². The third-order valence-electron chi connectivity index (χ3n) is 2.53. The Bertz CT molecular complexity index is 486. The van der Waals surface area contributed by atoms with Gasteiger partial charge >= 0.3 is 0 Å². The number of hydrogen-bond acceptors (Lipinski definition) is 1. The Labute approximate surface area is 111 Å². The van der Waals surface area contributed by atoms with Gasteiger partial charge in [-0.15, -0.1) is 0 Å². The summed E-state index contributed by atoms with van der Waals surface area (Å²) in [7, 11) is 1.94. The van der Waals surface area contributed by atoms with E-state index in [1.165, 1.54) is 5.56 Å². The van der Waals surface area contributed by atoms with E-state index in [1.54, 1.807) is 6.07 Å². The van der Waals surface area contributed by atoms with Gasteiger partial charge in [-0.25, -0.2) is 0 Å². The first kappa shape index (κ1) is 12.4. The molecule has 1 N–H and O–H groups in total. The van der Waals surface area contributed by atoms with Crippen LogP contribution in [0.4, 0.5) is 0 Å². The van der Waals surface area contributed by atoms with Crippen molar-refractivity contribution in [3.8, 4) is 11.1 Å². The highest BCUT2D eigenvalue weighted by Gasteiger charge is 2.01. The molecule has 0 spiro atoms. The average Bonchev–Trinajstić information content (AvgIpc) is 2.29. The fourth-order valence-corrected chi connectivity index (χ4v) is 2.27. The Balaban J connectivity index is 2.32. The third-order valence-corrected chi connectivity index (χ3v) is 2.97. The molecule has 1 nitrogen and oxygen atoms in total.